The van der Waals surface area contributed by atoms with Crippen LogP contribution in [0.15, 0.2) is 59.5 Å². The number of Topliss-reactive ketones (excluding diaryl/α,β-unsaturated/α-hetero) is 1. The van der Waals surface area contributed by atoms with Gasteiger partial charge in [-0.15, -0.1) is 11.3 Å². The SMILES string of the molecule is COc1ccc(N2C(=O)C(=O)/C(=C(\O)c3ccc(Cl)cc3)C2c2sccc2C)cc1Cl. The number of hydrogen-bond donors (Lipinski definition) is 1. The van der Waals surface area contributed by atoms with Gasteiger partial charge in [0.2, 0.25) is 0 Å². The van der Waals surface area contributed by atoms with Crippen LogP contribution < -0.4 is 9.64 Å². The molecule has 1 atom stereocenters. The number of carbonyl (C=O) groups excluding carboxylic acids is 2. The van der Waals surface area contributed by atoms with Crippen LogP contribution >= 0.6 is 34.5 Å². The molecule has 0 saturated carbocycles. The van der Waals surface area contributed by atoms with E-state index in [0.717, 1.165) is 10.4 Å². The maximum Gasteiger partial charge on any atom is 0.300 e. The van der Waals surface area contributed by atoms with Gasteiger partial charge in [0.05, 0.1) is 17.7 Å². The van der Waals surface area contributed by atoms with E-state index in [1.807, 2.05) is 18.4 Å². The van der Waals surface area contributed by atoms with Crippen LogP contribution in [-0.2, 0) is 9.59 Å². The summed E-state index contributed by atoms with van der Waals surface area (Å²) in [5.74, 6) is -1.31. The molecule has 2 aromatic carbocycles. The predicted octanol–water partition coefficient (Wildman–Crippen LogP) is 6.00. The monoisotopic (exact) mass is 473 g/mol. The molecular formula is C23H17Cl2NO4S. The highest BCUT2D eigenvalue weighted by Gasteiger charge is 2.48. The number of nitrogens with zero attached hydrogens (tertiary/aromatic N) is 1. The van der Waals surface area contributed by atoms with Crippen molar-refractivity contribution in [2.24, 2.45) is 0 Å². The molecule has 1 unspecified atom stereocenters. The van der Waals surface area contributed by atoms with Crippen molar-refractivity contribution in [3.63, 3.8) is 0 Å². The maximum absolute atomic E-state index is 13.1. The van der Waals surface area contributed by atoms with Crippen molar-refractivity contribution < 1.29 is 19.4 Å². The lowest BCUT2D eigenvalue weighted by Gasteiger charge is -2.25. The highest BCUT2D eigenvalue weighted by molar-refractivity contribution is 7.10. The van der Waals surface area contributed by atoms with Crippen LogP contribution in [0.4, 0.5) is 5.69 Å². The van der Waals surface area contributed by atoms with Gasteiger partial charge in [0.15, 0.2) is 0 Å². The lowest BCUT2D eigenvalue weighted by molar-refractivity contribution is -0.132. The first-order valence-corrected chi connectivity index (χ1v) is 10.9. The summed E-state index contributed by atoms with van der Waals surface area (Å²) in [4.78, 5) is 28.4. The normalized spacial score (nSPS) is 17.9. The quantitative estimate of drug-likeness (QED) is 0.286. The number of aliphatic hydroxyl groups is 1. The summed E-state index contributed by atoms with van der Waals surface area (Å²) >= 11 is 13.6. The Morgan fingerprint density at radius 2 is 1.81 bits per heavy atom. The Morgan fingerprint density at radius 1 is 1.10 bits per heavy atom. The van der Waals surface area contributed by atoms with Crippen LogP contribution in [0.2, 0.25) is 10.0 Å². The van der Waals surface area contributed by atoms with E-state index in [9.17, 15) is 14.7 Å². The third-order valence-electron chi connectivity index (χ3n) is 5.13. The Labute approximate surface area is 193 Å². The second-order valence-electron chi connectivity index (χ2n) is 6.96. The number of benzene rings is 2. The van der Waals surface area contributed by atoms with E-state index in [2.05, 4.69) is 0 Å². The number of ether oxygens (including phenoxy) is 1. The van der Waals surface area contributed by atoms with Gasteiger partial charge in [0.25, 0.3) is 11.7 Å². The smallest absolute Gasteiger partial charge is 0.300 e. The molecule has 1 aliphatic heterocycles. The number of hydrogen-bond acceptors (Lipinski definition) is 5. The molecule has 4 rings (SSSR count). The van der Waals surface area contributed by atoms with E-state index < -0.39 is 17.7 Å². The standard InChI is InChI=1S/C23H17Cl2NO4S/c1-12-9-10-31-22(12)19-18(20(27)13-3-5-14(24)6-4-13)21(28)23(29)26(19)15-7-8-17(30-2)16(25)11-15/h3-11,19,27H,1-2H3/b20-18-. The van der Waals surface area contributed by atoms with Crippen LogP contribution in [0.3, 0.4) is 0 Å². The fourth-order valence-electron chi connectivity index (χ4n) is 3.58. The average molecular weight is 474 g/mol. The molecule has 158 valence electrons. The van der Waals surface area contributed by atoms with E-state index >= 15 is 0 Å². The van der Waals surface area contributed by atoms with Gasteiger partial charge < -0.3 is 9.84 Å². The van der Waals surface area contributed by atoms with Crippen molar-refractivity contribution in [2.45, 2.75) is 13.0 Å². The van der Waals surface area contributed by atoms with Crippen LogP contribution in [0.1, 0.15) is 22.0 Å². The number of methoxy groups -OCH3 is 1. The zero-order valence-corrected chi connectivity index (χ0v) is 18.9. The molecule has 0 bridgehead atoms. The van der Waals surface area contributed by atoms with Crippen LogP contribution in [-0.4, -0.2) is 23.9 Å². The predicted molar refractivity (Wildman–Crippen MR) is 123 cm³/mol. The van der Waals surface area contributed by atoms with Gasteiger partial charge in [-0.3, -0.25) is 14.5 Å². The maximum atomic E-state index is 13.1. The third-order valence-corrected chi connectivity index (χ3v) is 6.74. The van der Waals surface area contributed by atoms with Gasteiger partial charge in [-0.1, -0.05) is 23.2 Å². The molecule has 0 spiro atoms. The number of aryl methyl sites for hydroxylation is 1. The van der Waals surface area contributed by atoms with Crippen molar-refractivity contribution in [3.05, 3.63) is 85.5 Å². The van der Waals surface area contributed by atoms with E-state index in [-0.39, 0.29) is 11.3 Å². The van der Waals surface area contributed by atoms with Gasteiger partial charge in [0, 0.05) is 21.2 Å². The molecule has 1 fully saturated rings. The molecule has 31 heavy (non-hydrogen) atoms. The highest BCUT2D eigenvalue weighted by atomic mass is 35.5. The topological polar surface area (TPSA) is 66.8 Å². The molecule has 0 aliphatic carbocycles. The first kappa shape index (κ1) is 21.4. The molecule has 0 radical (unpaired) electrons. The molecule has 3 aromatic rings. The number of halogens is 2. The number of ketones is 1. The molecule has 5 nitrogen and oxygen atoms in total. The Kier molecular flexibility index (Phi) is 5.79. The van der Waals surface area contributed by atoms with Gasteiger partial charge in [-0.2, -0.15) is 0 Å². The number of amides is 1. The summed E-state index contributed by atoms with van der Waals surface area (Å²) < 4.78 is 5.20. The lowest BCUT2D eigenvalue weighted by Crippen LogP contribution is -2.29. The van der Waals surface area contributed by atoms with Crippen LogP contribution in [0.5, 0.6) is 5.75 Å². The molecule has 1 N–H and O–H groups in total. The van der Waals surface area contributed by atoms with Crippen LogP contribution in [0.25, 0.3) is 5.76 Å². The molecule has 1 saturated heterocycles. The molecule has 1 aliphatic rings. The highest BCUT2D eigenvalue weighted by Crippen LogP contribution is 2.45. The van der Waals surface area contributed by atoms with Crippen molar-refractivity contribution >= 4 is 57.7 Å². The summed E-state index contributed by atoms with van der Waals surface area (Å²) in [6.45, 7) is 1.90. The Balaban J connectivity index is 1.94. The van der Waals surface area contributed by atoms with E-state index in [1.54, 1.807) is 42.5 Å². The van der Waals surface area contributed by atoms with E-state index in [0.29, 0.717) is 27.0 Å². The molecule has 8 heteroatoms. The van der Waals surface area contributed by atoms with Gasteiger partial charge >= 0.3 is 0 Å². The number of rotatable bonds is 4. The minimum absolute atomic E-state index is 0.0183. The number of aliphatic hydroxyl groups excluding tert-OH is 1. The van der Waals surface area contributed by atoms with Crippen molar-refractivity contribution in [2.75, 3.05) is 12.0 Å². The first-order valence-electron chi connectivity index (χ1n) is 9.28. The number of thiophene rings is 1. The fraction of sp³-hybridized carbons (Fsp3) is 0.130. The zero-order chi connectivity index (χ0) is 22.3. The first-order chi connectivity index (χ1) is 14.8. The van der Waals surface area contributed by atoms with E-state index in [4.69, 9.17) is 27.9 Å². The lowest BCUT2D eigenvalue weighted by atomic mass is 9.98. The van der Waals surface area contributed by atoms with Crippen LogP contribution in [0, 0.1) is 6.92 Å². The largest absolute Gasteiger partial charge is 0.507 e. The van der Waals surface area contributed by atoms with Crippen molar-refractivity contribution in [1.29, 1.82) is 0 Å². The molecular weight excluding hydrogens is 457 g/mol. The second-order valence-corrected chi connectivity index (χ2v) is 8.75. The minimum Gasteiger partial charge on any atom is -0.507 e. The molecule has 1 amide bonds. The van der Waals surface area contributed by atoms with Crippen molar-refractivity contribution in [3.8, 4) is 5.75 Å². The summed E-state index contributed by atoms with van der Waals surface area (Å²) in [6, 6.07) is 12.4. The summed E-state index contributed by atoms with van der Waals surface area (Å²) in [5, 5.41) is 13.7. The second kappa shape index (κ2) is 8.38. The Bertz CT molecular complexity index is 1220. The summed E-state index contributed by atoms with van der Waals surface area (Å²) in [5.41, 5.74) is 1.75. The average Bonchev–Trinajstić information content (AvgIpc) is 3.28. The summed E-state index contributed by atoms with van der Waals surface area (Å²) in [7, 11) is 1.49. The van der Waals surface area contributed by atoms with Crippen molar-refractivity contribution in [1.82, 2.24) is 0 Å². The molecule has 1 aromatic heterocycles. The van der Waals surface area contributed by atoms with Gasteiger partial charge in [0.1, 0.15) is 17.6 Å². The van der Waals surface area contributed by atoms with Gasteiger partial charge in [-0.25, -0.2) is 0 Å². The Hall–Kier alpha value is -2.80. The zero-order valence-electron chi connectivity index (χ0n) is 16.6. The minimum atomic E-state index is -0.792. The molecule has 2 heterocycles. The fourth-order valence-corrected chi connectivity index (χ4v) is 4.98. The summed E-state index contributed by atoms with van der Waals surface area (Å²) in [6.07, 6.45) is 0. The Morgan fingerprint density at radius 3 is 2.39 bits per heavy atom. The number of carbonyl (C=O) groups is 2. The van der Waals surface area contributed by atoms with Gasteiger partial charge in [-0.05, 0) is 66.4 Å². The third kappa shape index (κ3) is 3.71. The number of anilines is 1. The van der Waals surface area contributed by atoms with E-state index in [1.165, 1.54) is 23.3 Å².